The van der Waals surface area contributed by atoms with Gasteiger partial charge in [0.1, 0.15) is 11.1 Å². The molecule has 0 N–H and O–H groups in total. The first-order chi connectivity index (χ1) is 10.5. The summed E-state index contributed by atoms with van der Waals surface area (Å²) in [7, 11) is 1.61. The smallest absolute Gasteiger partial charge is 0.115 e. The molecular formula is C16H14Cl2N2OS. The molecule has 3 nitrogen and oxygen atoms in total. The molecule has 0 saturated carbocycles. The Morgan fingerprint density at radius 1 is 1.27 bits per heavy atom. The van der Waals surface area contributed by atoms with Crippen molar-refractivity contribution in [1.29, 1.82) is 5.26 Å². The Labute approximate surface area is 144 Å². The summed E-state index contributed by atoms with van der Waals surface area (Å²) < 4.78 is 5.15. The summed E-state index contributed by atoms with van der Waals surface area (Å²) in [5, 5.41) is 11.3. The maximum absolute atomic E-state index is 9.40. The Bertz CT molecular complexity index is 729. The van der Waals surface area contributed by atoms with Crippen molar-refractivity contribution in [1.82, 2.24) is 4.98 Å². The van der Waals surface area contributed by atoms with Crippen LogP contribution in [-0.4, -0.2) is 12.1 Å². The Kier molecular flexibility index (Phi) is 6.10. The molecule has 0 spiro atoms. The van der Waals surface area contributed by atoms with Crippen LogP contribution in [0.3, 0.4) is 0 Å². The lowest BCUT2D eigenvalue weighted by molar-refractivity contribution is 0.184. The molecule has 0 aliphatic heterocycles. The van der Waals surface area contributed by atoms with Gasteiger partial charge in [-0.15, -0.1) is 11.8 Å². The first-order valence-electron chi connectivity index (χ1n) is 6.51. The molecule has 0 unspecified atom stereocenters. The van der Waals surface area contributed by atoms with Gasteiger partial charge in [0, 0.05) is 28.6 Å². The van der Waals surface area contributed by atoms with Crippen LogP contribution in [0.1, 0.15) is 22.4 Å². The summed E-state index contributed by atoms with van der Waals surface area (Å²) in [6.07, 6.45) is 0. The molecular weight excluding hydrogens is 339 g/mol. The Hall–Kier alpha value is -1.25. The van der Waals surface area contributed by atoms with Crippen LogP contribution in [0.5, 0.6) is 0 Å². The number of hydrogen-bond donors (Lipinski definition) is 0. The number of methoxy groups -OCH3 is 1. The number of aryl methyl sites for hydroxylation is 1. The summed E-state index contributed by atoms with van der Waals surface area (Å²) in [5.41, 5.74) is 3.22. The fourth-order valence-corrected chi connectivity index (χ4v) is 3.62. The van der Waals surface area contributed by atoms with Gasteiger partial charge in [-0.3, -0.25) is 0 Å². The molecule has 0 atom stereocenters. The van der Waals surface area contributed by atoms with Gasteiger partial charge in [-0.05, 0) is 36.2 Å². The second-order valence-electron chi connectivity index (χ2n) is 4.67. The highest BCUT2D eigenvalue weighted by atomic mass is 35.5. The number of rotatable bonds is 5. The largest absolute Gasteiger partial charge is 0.380 e. The van der Waals surface area contributed by atoms with Gasteiger partial charge in [0.15, 0.2) is 0 Å². The number of nitrogens with zero attached hydrogens (tertiary/aromatic N) is 2. The molecule has 0 fully saturated rings. The zero-order chi connectivity index (χ0) is 16.1. The molecule has 1 aromatic heterocycles. The molecule has 6 heteroatoms. The monoisotopic (exact) mass is 352 g/mol. The third-order valence-corrected chi connectivity index (χ3v) is 4.60. The van der Waals surface area contributed by atoms with E-state index in [1.165, 1.54) is 11.8 Å². The van der Waals surface area contributed by atoms with Crippen molar-refractivity contribution >= 4 is 35.0 Å². The second kappa shape index (κ2) is 7.85. The molecule has 0 bridgehead atoms. The van der Waals surface area contributed by atoms with Crippen LogP contribution in [-0.2, 0) is 17.1 Å². The van der Waals surface area contributed by atoms with Crippen LogP contribution < -0.4 is 0 Å². The normalized spacial score (nSPS) is 10.5. The second-order valence-corrected chi connectivity index (χ2v) is 6.48. The average Bonchev–Trinajstić information content (AvgIpc) is 2.46. The first-order valence-corrected chi connectivity index (χ1v) is 8.25. The van der Waals surface area contributed by atoms with Crippen molar-refractivity contribution < 1.29 is 4.74 Å². The molecule has 22 heavy (non-hydrogen) atoms. The molecule has 0 amide bonds. The quantitative estimate of drug-likeness (QED) is 0.709. The van der Waals surface area contributed by atoms with Gasteiger partial charge >= 0.3 is 0 Å². The predicted octanol–water partition coefficient (Wildman–Crippen LogP) is 5.01. The van der Waals surface area contributed by atoms with E-state index in [0.29, 0.717) is 33.0 Å². The summed E-state index contributed by atoms with van der Waals surface area (Å²) >= 11 is 13.6. The standard InChI is InChI=1S/C16H14Cl2N2OS/c1-10-5-12(8-21-2)14(7-19)16(20-10)22-9-11-3-4-13(17)6-15(11)18/h3-6H,8-9H2,1-2H3. The lowest BCUT2D eigenvalue weighted by atomic mass is 10.1. The lowest BCUT2D eigenvalue weighted by Crippen LogP contribution is -1.99. The van der Waals surface area contributed by atoms with E-state index in [0.717, 1.165) is 16.8 Å². The summed E-state index contributed by atoms with van der Waals surface area (Å²) in [5.74, 6) is 0.619. The fourth-order valence-electron chi connectivity index (χ4n) is 1.99. The topological polar surface area (TPSA) is 45.9 Å². The molecule has 2 rings (SSSR count). The van der Waals surface area contributed by atoms with Gasteiger partial charge in [-0.25, -0.2) is 4.98 Å². The van der Waals surface area contributed by atoms with Gasteiger partial charge in [0.25, 0.3) is 0 Å². The minimum absolute atomic E-state index is 0.390. The average molecular weight is 353 g/mol. The predicted molar refractivity (Wildman–Crippen MR) is 90.4 cm³/mol. The van der Waals surface area contributed by atoms with Gasteiger partial charge in [0.2, 0.25) is 0 Å². The number of hydrogen-bond acceptors (Lipinski definition) is 4. The molecule has 1 aromatic carbocycles. The number of aromatic nitrogens is 1. The maximum atomic E-state index is 9.40. The van der Waals surface area contributed by atoms with Crippen molar-refractivity contribution in [3.05, 3.63) is 56.7 Å². The highest BCUT2D eigenvalue weighted by Crippen LogP contribution is 2.30. The van der Waals surface area contributed by atoms with E-state index in [4.69, 9.17) is 27.9 Å². The van der Waals surface area contributed by atoms with Crippen molar-refractivity contribution in [3.63, 3.8) is 0 Å². The third kappa shape index (κ3) is 4.15. The minimum atomic E-state index is 0.390. The van der Waals surface area contributed by atoms with E-state index in [2.05, 4.69) is 11.1 Å². The van der Waals surface area contributed by atoms with Crippen LogP contribution >= 0.6 is 35.0 Å². The van der Waals surface area contributed by atoms with Crippen LogP contribution in [0.15, 0.2) is 29.3 Å². The van der Waals surface area contributed by atoms with Crippen molar-refractivity contribution in [3.8, 4) is 6.07 Å². The summed E-state index contributed by atoms with van der Waals surface area (Å²) in [4.78, 5) is 4.46. The zero-order valence-electron chi connectivity index (χ0n) is 12.2. The number of thioether (sulfide) groups is 1. The first kappa shape index (κ1) is 17.1. The molecule has 1 heterocycles. The Morgan fingerprint density at radius 2 is 2.05 bits per heavy atom. The highest BCUT2D eigenvalue weighted by molar-refractivity contribution is 7.98. The fraction of sp³-hybridized carbons (Fsp3) is 0.250. The lowest BCUT2D eigenvalue weighted by Gasteiger charge is -2.10. The maximum Gasteiger partial charge on any atom is 0.115 e. The molecule has 2 aromatic rings. The van der Waals surface area contributed by atoms with Crippen molar-refractivity contribution in [2.24, 2.45) is 0 Å². The van der Waals surface area contributed by atoms with Crippen LogP contribution in [0, 0.1) is 18.3 Å². The van der Waals surface area contributed by atoms with E-state index in [-0.39, 0.29) is 0 Å². The molecule has 0 aliphatic rings. The minimum Gasteiger partial charge on any atom is -0.380 e. The van der Waals surface area contributed by atoms with Gasteiger partial charge in [-0.2, -0.15) is 5.26 Å². The van der Waals surface area contributed by atoms with Crippen LogP contribution in [0.2, 0.25) is 10.0 Å². The van der Waals surface area contributed by atoms with Gasteiger partial charge < -0.3 is 4.74 Å². The van der Waals surface area contributed by atoms with Crippen molar-refractivity contribution in [2.75, 3.05) is 7.11 Å². The van der Waals surface area contributed by atoms with E-state index < -0.39 is 0 Å². The van der Waals surface area contributed by atoms with E-state index in [1.807, 2.05) is 19.1 Å². The zero-order valence-corrected chi connectivity index (χ0v) is 14.5. The van der Waals surface area contributed by atoms with Gasteiger partial charge in [0.05, 0.1) is 12.2 Å². The number of ether oxygens (including phenoxy) is 1. The molecule has 114 valence electrons. The van der Waals surface area contributed by atoms with E-state index >= 15 is 0 Å². The van der Waals surface area contributed by atoms with Crippen molar-refractivity contribution in [2.45, 2.75) is 24.3 Å². The highest BCUT2D eigenvalue weighted by Gasteiger charge is 2.13. The van der Waals surface area contributed by atoms with Crippen LogP contribution in [0.4, 0.5) is 0 Å². The van der Waals surface area contributed by atoms with Gasteiger partial charge in [-0.1, -0.05) is 29.3 Å². The van der Waals surface area contributed by atoms with E-state index in [1.54, 1.807) is 19.2 Å². The summed E-state index contributed by atoms with van der Waals surface area (Å²) in [6.45, 7) is 2.29. The number of halogens is 2. The third-order valence-electron chi connectivity index (χ3n) is 2.99. The van der Waals surface area contributed by atoms with E-state index in [9.17, 15) is 5.26 Å². The Balaban J connectivity index is 2.27. The Morgan fingerprint density at radius 3 is 2.68 bits per heavy atom. The number of nitriles is 1. The molecule has 0 radical (unpaired) electrons. The number of benzene rings is 1. The SMILES string of the molecule is COCc1cc(C)nc(SCc2ccc(Cl)cc2Cl)c1C#N. The molecule has 0 aliphatic carbocycles. The summed E-state index contributed by atoms with van der Waals surface area (Å²) in [6, 6.07) is 9.49. The number of pyridine rings is 1. The van der Waals surface area contributed by atoms with Crippen LogP contribution in [0.25, 0.3) is 0 Å². The molecule has 0 saturated heterocycles.